The molecule has 0 saturated carbocycles. The number of fused-ring (bicyclic) bond motifs is 1. The molecule has 2 aromatic rings. The Morgan fingerprint density at radius 3 is 2.91 bits per heavy atom. The molecule has 11 heavy (non-hydrogen) atoms. The van der Waals surface area contributed by atoms with Crippen molar-refractivity contribution in [3.8, 4) is 0 Å². The quantitative estimate of drug-likeness (QED) is 0.581. The van der Waals surface area contributed by atoms with Crippen molar-refractivity contribution < 1.29 is 0 Å². The second-order valence-electron chi connectivity index (χ2n) is 2.54. The van der Waals surface area contributed by atoms with Crippen LogP contribution in [0.15, 0.2) is 23.6 Å². The first-order chi connectivity index (χ1) is 5.29. The van der Waals surface area contributed by atoms with Gasteiger partial charge in [-0.05, 0) is 12.5 Å². The Bertz CT molecular complexity index is 389. The fraction of sp³-hybridized carbons (Fsp3) is 0.111. The molecule has 1 heterocycles. The molecule has 56 valence electrons. The molecule has 0 aliphatic rings. The fourth-order valence-corrected chi connectivity index (χ4v) is 2.43. The van der Waals surface area contributed by atoms with Crippen LogP contribution >= 0.6 is 22.9 Å². The van der Waals surface area contributed by atoms with Crippen LogP contribution < -0.4 is 0 Å². The first kappa shape index (κ1) is 7.14. The summed E-state index contributed by atoms with van der Waals surface area (Å²) in [7, 11) is 0. The van der Waals surface area contributed by atoms with E-state index in [1.807, 2.05) is 11.4 Å². The number of hydrogen-bond acceptors (Lipinski definition) is 1. The van der Waals surface area contributed by atoms with Gasteiger partial charge in [-0.1, -0.05) is 29.8 Å². The Labute approximate surface area is 74.4 Å². The van der Waals surface area contributed by atoms with Crippen molar-refractivity contribution in [1.29, 1.82) is 0 Å². The predicted octanol–water partition coefficient (Wildman–Crippen LogP) is 3.86. The molecule has 0 nitrogen and oxygen atoms in total. The summed E-state index contributed by atoms with van der Waals surface area (Å²) < 4.78 is 1.30. The number of hydrogen-bond donors (Lipinski definition) is 0. The van der Waals surface area contributed by atoms with Crippen LogP contribution in [0.4, 0.5) is 0 Å². The van der Waals surface area contributed by atoms with Gasteiger partial charge in [0.2, 0.25) is 0 Å². The van der Waals surface area contributed by atoms with Gasteiger partial charge in [-0.2, -0.15) is 0 Å². The first-order valence-corrected chi connectivity index (χ1v) is 4.67. The van der Waals surface area contributed by atoms with Gasteiger partial charge in [-0.3, -0.25) is 0 Å². The van der Waals surface area contributed by atoms with Crippen LogP contribution in [-0.2, 0) is 0 Å². The van der Waals surface area contributed by atoms with Crippen molar-refractivity contribution >= 4 is 33.0 Å². The number of benzene rings is 1. The van der Waals surface area contributed by atoms with Crippen LogP contribution in [0.5, 0.6) is 0 Å². The van der Waals surface area contributed by atoms with E-state index in [0.29, 0.717) is 0 Å². The van der Waals surface area contributed by atoms with Gasteiger partial charge in [-0.15, -0.1) is 11.3 Å². The van der Waals surface area contributed by atoms with Gasteiger partial charge in [0.1, 0.15) is 0 Å². The first-order valence-electron chi connectivity index (χ1n) is 3.41. The Hall–Kier alpha value is -0.530. The van der Waals surface area contributed by atoms with E-state index in [2.05, 4.69) is 19.1 Å². The van der Waals surface area contributed by atoms with Gasteiger partial charge in [0.15, 0.2) is 0 Å². The fourth-order valence-electron chi connectivity index (χ4n) is 1.17. The molecule has 0 N–H and O–H groups in total. The van der Waals surface area contributed by atoms with Gasteiger partial charge >= 0.3 is 0 Å². The second kappa shape index (κ2) is 2.50. The van der Waals surface area contributed by atoms with E-state index in [0.717, 1.165) is 5.02 Å². The average Bonchev–Trinajstić information content (AvgIpc) is 2.35. The van der Waals surface area contributed by atoms with Crippen LogP contribution in [0.25, 0.3) is 10.1 Å². The van der Waals surface area contributed by atoms with Crippen molar-refractivity contribution in [3.05, 3.63) is 34.2 Å². The lowest BCUT2D eigenvalue weighted by Gasteiger charge is -1.92. The smallest absolute Gasteiger partial charge is 0.0591 e. The molecule has 0 aliphatic carbocycles. The molecule has 2 heteroatoms. The monoisotopic (exact) mass is 182 g/mol. The highest BCUT2D eigenvalue weighted by Crippen LogP contribution is 2.31. The Morgan fingerprint density at radius 1 is 1.36 bits per heavy atom. The van der Waals surface area contributed by atoms with Crippen LogP contribution in [0, 0.1) is 6.92 Å². The molecule has 1 aromatic heterocycles. The molecule has 1 aromatic carbocycles. The summed E-state index contributed by atoms with van der Waals surface area (Å²) in [6.07, 6.45) is 0. The zero-order chi connectivity index (χ0) is 7.84. The topological polar surface area (TPSA) is 0 Å². The lowest BCUT2D eigenvalue weighted by Crippen LogP contribution is -1.69. The Morgan fingerprint density at radius 2 is 2.18 bits per heavy atom. The van der Waals surface area contributed by atoms with E-state index in [1.165, 1.54) is 15.6 Å². The highest BCUT2D eigenvalue weighted by molar-refractivity contribution is 7.18. The molecule has 0 amide bonds. The van der Waals surface area contributed by atoms with Crippen LogP contribution in [0.2, 0.25) is 5.02 Å². The summed E-state index contributed by atoms with van der Waals surface area (Å²) in [4.78, 5) is 0. The minimum absolute atomic E-state index is 0.869. The summed E-state index contributed by atoms with van der Waals surface area (Å²) in [5, 5.41) is 4.03. The summed E-state index contributed by atoms with van der Waals surface area (Å²) in [6, 6.07) is 6.20. The molecule has 0 unspecified atom stereocenters. The molecule has 0 radical (unpaired) electrons. The molecule has 0 fully saturated rings. The van der Waals surface area contributed by atoms with E-state index < -0.39 is 0 Å². The van der Waals surface area contributed by atoms with E-state index in [-0.39, 0.29) is 0 Å². The third-order valence-electron chi connectivity index (χ3n) is 1.75. The maximum Gasteiger partial charge on any atom is 0.0591 e. The summed E-state index contributed by atoms with van der Waals surface area (Å²) in [6.45, 7) is 2.11. The van der Waals surface area contributed by atoms with Gasteiger partial charge < -0.3 is 0 Å². The highest BCUT2D eigenvalue weighted by Gasteiger charge is 2.01. The molecule has 0 aliphatic heterocycles. The van der Waals surface area contributed by atoms with Gasteiger partial charge in [0.25, 0.3) is 0 Å². The van der Waals surface area contributed by atoms with Crippen molar-refractivity contribution in [1.82, 2.24) is 0 Å². The van der Waals surface area contributed by atoms with Gasteiger partial charge in [0.05, 0.1) is 5.02 Å². The maximum atomic E-state index is 5.95. The van der Waals surface area contributed by atoms with Crippen molar-refractivity contribution in [2.75, 3.05) is 0 Å². The van der Waals surface area contributed by atoms with Crippen LogP contribution in [-0.4, -0.2) is 0 Å². The highest BCUT2D eigenvalue weighted by atomic mass is 35.5. The largest absolute Gasteiger partial charge is 0.142 e. The molecule has 0 bridgehead atoms. The Kier molecular flexibility index (Phi) is 1.63. The van der Waals surface area contributed by atoms with E-state index in [1.54, 1.807) is 11.3 Å². The lowest BCUT2D eigenvalue weighted by atomic mass is 10.2. The normalized spacial score (nSPS) is 10.7. The minimum Gasteiger partial charge on any atom is -0.142 e. The molecule has 0 atom stereocenters. The van der Waals surface area contributed by atoms with Crippen LogP contribution in [0.1, 0.15) is 5.56 Å². The predicted molar refractivity (Wildman–Crippen MR) is 51.6 cm³/mol. The van der Waals surface area contributed by atoms with Gasteiger partial charge in [0, 0.05) is 15.5 Å². The number of thiophene rings is 1. The van der Waals surface area contributed by atoms with Crippen molar-refractivity contribution in [3.63, 3.8) is 0 Å². The van der Waals surface area contributed by atoms with E-state index in [4.69, 9.17) is 11.6 Å². The summed E-state index contributed by atoms with van der Waals surface area (Å²) in [5.41, 5.74) is 1.31. The van der Waals surface area contributed by atoms with Crippen LogP contribution in [0.3, 0.4) is 0 Å². The maximum absolute atomic E-state index is 5.95. The molecule has 0 saturated heterocycles. The van der Waals surface area contributed by atoms with E-state index >= 15 is 0 Å². The van der Waals surface area contributed by atoms with Crippen molar-refractivity contribution in [2.45, 2.75) is 6.92 Å². The Balaban J connectivity index is 2.94. The van der Waals surface area contributed by atoms with Gasteiger partial charge in [-0.25, -0.2) is 0 Å². The number of halogens is 1. The molecular weight excluding hydrogens is 176 g/mol. The molecule has 0 spiro atoms. The standard InChI is InChI=1S/C9H7ClS/c1-6-3-2-4-7-8(10)5-11-9(6)7/h2-5H,1H3. The third kappa shape index (κ3) is 1.05. The average molecular weight is 183 g/mol. The molecule has 2 rings (SSSR count). The number of aryl methyl sites for hydroxylation is 1. The SMILES string of the molecule is Cc1cccc2c(Cl)csc12. The van der Waals surface area contributed by atoms with E-state index in [9.17, 15) is 0 Å². The zero-order valence-electron chi connectivity index (χ0n) is 6.10. The minimum atomic E-state index is 0.869. The van der Waals surface area contributed by atoms with Crippen molar-refractivity contribution in [2.24, 2.45) is 0 Å². The summed E-state index contributed by atoms with van der Waals surface area (Å²) in [5.74, 6) is 0. The molecular formula is C9H7ClS. The summed E-state index contributed by atoms with van der Waals surface area (Å²) >= 11 is 7.66. The third-order valence-corrected chi connectivity index (χ3v) is 3.32. The second-order valence-corrected chi connectivity index (χ2v) is 3.82. The number of rotatable bonds is 0. The zero-order valence-corrected chi connectivity index (χ0v) is 7.67. The lowest BCUT2D eigenvalue weighted by molar-refractivity contribution is 1.56.